The number of carbonyl (C=O) groups is 1. The summed E-state index contributed by atoms with van der Waals surface area (Å²) < 4.78 is 24.5. The van der Waals surface area contributed by atoms with Gasteiger partial charge < -0.3 is 10.1 Å². The van der Waals surface area contributed by atoms with Gasteiger partial charge in [-0.15, -0.1) is 0 Å². The van der Waals surface area contributed by atoms with Crippen LogP contribution in [0.5, 0.6) is 0 Å². The van der Waals surface area contributed by atoms with Crippen LogP contribution in [0, 0.1) is 0 Å². The van der Waals surface area contributed by atoms with E-state index in [1.807, 2.05) is 0 Å². The van der Waals surface area contributed by atoms with Crippen molar-refractivity contribution in [2.75, 3.05) is 0 Å². The molecule has 0 fully saturated rings. The maximum atomic E-state index is 12.4. The predicted octanol–water partition coefficient (Wildman–Crippen LogP) is 1.70. The molecule has 0 bridgehead atoms. The zero-order valence-electron chi connectivity index (χ0n) is 7.26. The summed E-state index contributed by atoms with van der Waals surface area (Å²) in [7, 11) is 0. The zero-order valence-corrected chi connectivity index (χ0v) is 8.85. The van der Waals surface area contributed by atoms with Crippen molar-refractivity contribution in [2.45, 2.75) is 12.8 Å². The van der Waals surface area contributed by atoms with Gasteiger partial charge in [-0.05, 0) is 22.0 Å². The van der Waals surface area contributed by atoms with Crippen LogP contribution in [0.15, 0.2) is 15.3 Å². The molecule has 7 heteroatoms. The van der Waals surface area contributed by atoms with Gasteiger partial charge in [0.25, 0.3) is 12.0 Å². The van der Waals surface area contributed by atoms with Crippen molar-refractivity contribution < 1.29 is 18.7 Å². The third-order valence-corrected chi connectivity index (χ3v) is 2.45. The van der Waals surface area contributed by atoms with E-state index in [9.17, 15) is 18.4 Å². The van der Waals surface area contributed by atoms with E-state index in [0.717, 1.165) is 6.07 Å². The smallest absolute Gasteiger partial charge is 0.309 e. The molecule has 0 aliphatic rings. The molecule has 4 nitrogen and oxygen atoms in total. The highest BCUT2D eigenvalue weighted by Gasteiger charge is 2.16. The summed E-state index contributed by atoms with van der Waals surface area (Å²) in [5, 5.41) is 8.44. The van der Waals surface area contributed by atoms with Gasteiger partial charge in [0.2, 0.25) is 0 Å². The lowest BCUT2D eigenvalue weighted by molar-refractivity contribution is -0.136. The lowest BCUT2D eigenvalue weighted by atomic mass is 10.2. The first-order valence-corrected chi connectivity index (χ1v) is 4.62. The van der Waals surface area contributed by atoms with Crippen molar-refractivity contribution in [2.24, 2.45) is 0 Å². The van der Waals surface area contributed by atoms with E-state index < -0.39 is 29.9 Å². The maximum Gasteiger partial charge on any atom is 0.309 e. The topological polar surface area (TPSA) is 70.2 Å². The Morgan fingerprint density at radius 3 is 2.67 bits per heavy atom. The lowest BCUT2D eigenvalue weighted by Crippen LogP contribution is -2.15. The van der Waals surface area contributed by atoms with E-state index in [-0.39, 0.29) is 10.2 Å². The van der Waals surface area contributed by atoms with Crippen LogP contribution < -0.4 is 5.56 Å². The summed E-state index contributed by atoms with van der Waals surface area (Å²) in [6, 6.07) is 0.963. The minimum atomic E-state index is -2.82. The molecular weight excluding hydrogens is 276 g/mol. The highest BCUT2D eigenvalue weighted by molar-refractivity contribution is 9.10. The van der Waals surface area contributed by atoms with E-state index in [4.69, 9.17) is 5.11 Å². The Morgan fingerprint density at radius 1 is 1.60 bits per heavy atom. The third-order valence-electron chi connectivity index (χ3n) is 1.63. The number of alkyl halides is 2. The SMILES string of the molecule is O=C(O)Cc1cc(C(F)F)c(Br)c(=O)[nH]1. The largest absolute Gasteiger partial charge is 0.481 e. The molecule has 0 unspecified atom stereocenters. The van der Waals surface area contributed by atoms with Gasteiger partial charge in [0.15, 0.2) is 0 Å². The Kier molecular flexibility index (Phi) is 3.57. The number of rotatable bonds is 3. The second-order valence-electron chi connectivity index (χ2n) is 2.76. The number of H-pyrrole nitrogens is 1. The molecule has 0 radical (unpaired) electrons. The quantitative estimate of drug-likeness (QED) is 0.886. The summed E-state index contributed by atoms with van der Waals surface area (Å²) in [5.41, 5.74) is -1.31. The summed E-state index contributed by atoms with van der Waals surface area (Å²) in [6.07, 6.45) is -3.32. The Morgan fingerprint density at radius 2 is 2.20 bits per heavy atom. The van der Waals surface area contributed by atoms with Gasteiger partial charge in [0.1, 0.15) is 0 Å². The van der Waals surface area contributed by atoms with Gasteiger partial charge in [-0.25, -0.2) is 8.78 Å². The van der Waals surface area contributed by atoms with E-state index in [1.54, 1.807) is 0 Å². The lowest BCUT2D eigenvalue weighted by Gasteiger charge is -2.04. The van der Waals surface area contributed by atoms with Gasteiger partial charge in [-0.3, -0.25) is 9.59 Å². The van der Waals surface area contributed by atoms with Crippen molar-refractivity contribution >= 4 is 21.9 Å². The van der Waals surface area contributed by atoms with Gasteiger partial charge in [-0.2, -0.15) is 0 Å². The monoisotopic (exact) mass is 281 g/mol. The molecule has 0 amide bonds. The average Bonchev–Trinajstić information content (AvgIpc) is 2.09. The van der Waals surface area contributed by atoms with Crippen LogP contribution in [0.25, 0.3) is 0 Å². The first-order chi connectivity index (χ1) is 6.91. The molecule has 1 rings (SSSR count). The molecule has 1 heterocycles. The van der Waals surface area contributed by atoms with E-state index in [2.05, 4.69) is 20.9 Å². The van der Waals surface area contributed by atoms with Crippen molar-refractivity contribution in [3.63, 3.8) is 0 Å². The van der Waals surface area contributed by atoms with Crippen molar-refractivity contribution in [1.82, 2.24) is 4.98 Å². The Hall–Kier alpha value is -1.24. The standard InChI is InChI=1S/C8H6BrF2NO3/c9-6-4(7(10)11)1-3(2-5(13)14)12-8(6)15/h1,7H,2H2,(H,12,15)(H,13,14). The number of halogens is 3. The second kappa shape index (κ2) is 4.52. The molecule has 0 atom stereocenters. The van der Waals surface area contributed by atoms with Crippen LogP contribution in [0.3, 0.4) is 0 Å². The molecule has 0 spiro atoms. The van der Waals surface area contributed by atoms with Crippen LogP contribution in [-0.2, 0) is 11.2 Å². The van der Waals surface area contributed by atoms with Crippen LogP contribution in [0.2, 0.25) is 0 Å². The van der Waals surface area contributed by atoms with Crippen LogP contribution in [-0.4, -0.2) is 16.1 Å². The fourth-order valence-corrected chi connectivity index (χ4v) is 1.42. The molecule has 0 saturated heterocycles. The molecule has 15 heavy (non-hydrogen) atoms. The van der Waals surface area contributed by atoms with E-state index in [0.29, 0.717) is 0 Å². The molecular formula is C8H6BrF2NO3. The number of pyridine rings is 1. The normalized spacial score (nSPS) is 10.7. The summed E-state index contributed by atoms with van der Waals surface area (Å²) in [6.45, 7) is 0. The number of carboxylic acid groups (broad SMARTS) is 1. The molecule has 0 aliphatic carbocycles. The fourth-order valence-electron chi connectivity index (χ4n) is 1.04. The first kappa shape index (κ1) is 11.8. The van der Waals surface area contributed by atoms with Crippen LogP contribution in [0.1, 0.15) is 17.7 Å². The molecule has 82 valence electrons. The summed E-state index contributed by atoms with van der Waals surface area (Å²) in [5.74, 6) is -1.20. The third kappa shape index (κ3) is 2.85. The molecule has 0 saturated carbocycles. The number of aromatic amines is 1. The van der Waals surface area contributed by atoms with Crippen LogP contribution in [0.4, 0.5) is 8.78 Å². The van der Waals surface area contributed by atoms with Crippen molar-refractivity contribution in [3.05, 3.63) is 32.2 Å². The van der Waals surface area contributed by atoms with Crippen LogP contribution >= 0.6 is 15.9 Å². The molecule has 1 aromatic heterocycles. The summed E-state index contributed by atoms with van der Waals surface area (Å²) >= 11 is 2.71. The van der Waals surface area contributed by atoms with E-state index in [1.165, 1.54) is 0 Å². The molecule has 2 N–H and O–H groups in total. The second-order valence-corrected chi connectivity index (χ2v) is 3.56. The van der Waals surface area contributed by atoms with Gasteiger partial charge >= 0.3 is 5.97 Å². The maximum absolute atomic E-state index is 12.4. The number of hydrogen-bond donors (Lipinski definition) is 2. The number of hydrogen-bond acceptors (Lipinski definition) is 2. The molecule has 1 aromatic rings. The number of carboxylic acids is 1. The Bertz CT molecular complexity index is 444. The van der Waals surface area contributed by atoms with Crippen molar-refractivity contribution in [3.8, 4) is 0 Å². The minimum absolute atomic E-state index is 0.0500. The highest BCUT2D eigenvalue weighted by Crippen LogP contribution is 2.24. The van der Waals surface area contributed by atoms with E-state index >= 15 is 0 Å². The van der Waals surface area contributed by atoms with Gasteiger partial charge in [-0.1, -0.05) is 0 Å². The Balaban J connectivity index is 3.23. The summed E-state index contributed by atoms with van der Waals surface area (Å²) in [4.78, 5) is 23.6. The zero-order chi connectivity index (χ0) is 11.6. The van der Waals surface area contributed by atoms with Gasteiger partial charge in [0.05, 0.1) is 10.9 Å². The minimum Gasteiger partial charge on any atom is -0.481 e. The number of aliphatic carboxylic acids is 1. The molecule has 0 aromatic carbocycles. The fraction of sp³-hybridized carbons (Fsp3) is 0.250. The van der Waals surface area contributed by atoms with Gasteiger partial charge in [0, 0.05) is 11.3 Å². The first-order valence-electron chi connectivity index (χ1n) is 3.83. The number of nitrogens with one attached hydrogen (secondary N) is 1. The highest BCUT2D eigenvalue weighted by atomic mass is 79.9. The van der Waals surface area contributed by atoms with Crippen molar-refractivity contribution in [1.29, 1.82) is 0 Å². The number of aromatic nitrogens is 1. The Labute approximate surface area is 91.1 Å². The average molecular weight is 282 g/mol. The molecule has 0 aliphatic heterocycles. The predicted molar refractivity (Wildman–Crippen MR) is 51.1 cm³/mol.